The van der Waals surface area contributed by atoms with Crippen molar-refractivity contribution in [2.75, 3.05) is 20.1 Å². The van der Waals surface area contributed by atoms with Gasteiger partial charge in [0.2, 0.25) is 0 Å². The predicted molar refractivity (Wildman–Crippen MR) is 112 cm³/mol. The number of fused-ring (bicyclic) bond motifs is 2. The average molecular weight is 414 g/mol. The third kappa shape index (κ3) is 3.73. The topological polar surface area (TPSA) is 87.1 Å². The number of rotatable bonds is 5. The van der Waals surface area contributed by atoms with Gasteiger partial charge in [0.15, 0.2) is 17.3 Å². The second-order valence-electron chi connectivity index (χ2n) is 9.65. The first-order chi connectivity index (χ1) is 14.2. The Kier molecular flexibility index (Phi) is 5.39. The summed E-state index contributed by atoms with van der Waals surface area (Å²) < 4.78 is 5.81. The molecule has 1 heterocycles. The van der Waals surface area contributed by atoms with Crippen molar-refractivity contribution in [2.45, 2.75) is 52.1 Å². The van der Waals surface area contributed by atoms with Gasteiger partial charge < -0.3 is 14.9 Å². The third-order valence-electron chi connectivity index (χ3n) is 7.40. The van der Waals surface area contributed by atoms with E-state index in [4.69, 9.17) is 4.74 Å². The fourth-order valence-corrected chi connectivity index (χ4v) is 5.75. The minimum atomic E-state index is -0.313. The van der Waals surface area contributed by atoms with Gasteiger partial charge in [-0.15, -0.1) is 0 Å². The number of carbonyl (C=O) groups is 2. The number of ketones is 1. The van der Waals surface area contributed by atoms with Crippen molar-refractivity contribution in [3.63, 3.8) is 0 Å². The molecule has 6 nitrogen and oxygen atoms in total. The van der Waals surface area contributed by atoms with Crippen LogP contribution in [0.4, 0.5) is 0 Å². The Bertz CT molecular complexity index is 907. The highest BCUT2D eigenvalue weighted by Crippen LogP contribution is 2.55. The normalized spacial score (nSPS) is 30.8. The smallest absolute Gasteiger partial charge is 0.310 e. The zero-order valence-electron chi connectivity index (χ0n) is 18.0. The Morgan fingerprint density at radius 1 is 1.30 bits per heavy atom. The summed E-state index contributed by atoms with van der Waals surface area (Å²) in [5.74, 6) is -0.940. The quantitative estimate of drug-likeness (QED) is 0.331. The molecule has 0 bridgehead atoms. The van der Waals surface area contributed by atoms with Crippen molar-refractivity contribution in [1.29, 1.82) is 0 Å². The highest BCUT2D eigenvalue weighted by atomic mass is 16.6. The fraction of sp³-hybridized carbons (Fsp3) is 0.583. The lowest BCUT2D eigenvalue weighted by molar-refractivity contribution is -0.145. The molecule has 0 spiro atoms. The average Bonchev–Trinajstić information content (AvgIpc) is 2.96. The first-order valence-electron chi connectivity index (χ1n) is 10.8. The molecule has 1 aromatic carbocycles. The SMILES string of the molecule is CC1=C2CC3C(CC2(C)CCC1)OC(=O)C3CN(C)CC(=O)c1ccc(O)c(O)c1. The summed E-state index contributed by atoms with van der Waals surface area (Å²) >= 11 is 0. The highest BCUT2D eigenvalue weighted by molar-refractivity contribution is 5.98. The number of benzene rings is 1. The molecule has 1 saturated carbocycles. The van der Waals surface area contributed by atoms with Crippen molar-refractivity contribution in [3.8, 4) is 11.5 Å². The zero-order valence-corrected chi connectivity index (χ0v) is 18.0. The molecule has 2 N–H and O–H groups in total. The number of esters is 1. The molecule has 2 aliphatic carbocycles. The Labute approximate surface area is 177 Å². The van der Waals surface area contributed by atoms with E-state index in [-0.39, 0.29) is 53.2 Å². The lowest BCUT2D eigenvalue weighted by Crippen LogP contribution is -2.41. The summed E-state index contributed by atoms with van der Waals surface area (Å²) in [5, 5.41) is 19.1. The van der Waals surface area contributed by atoms with Crippen molar-refractivity contribution in [3.05, 3.63) is 34.9 Å². The number of allylic oxidation sites excluding steroid dienone is 2. The molecule has 0 radical (unpaired) electrons. The van der Waals surface area contributed by atoms with E-state index in [1.165, 1.54) is 42.2 Å². The van der Waals surface area contributed by atoms with Gasteiger partial charge >= 0.3 is 5.97 Å². The van der Waals surface area contributed by atoms with Gasteiger partial charge in [-0.1, -0.05) is 18.1 Å². The minimum Gasteiger partial charge on any atom is -0.504 e. The van der Waals surface area contributed by atoms with Crippen LogP contribution in [0.25, 0.3) is 0 Å². The second kappa shape index (κ2) is 7.73. The standard InChI is InChI=1S/C24H31NO5/c1-14-5-4-8-24(2)11-22-16(10-18(14)24)17(23(29)30-22)12-25(3)13-21(28)15-6-7-19(26)20(27)9-15/h6-7,9,16-17,22,26-27H,4-5,8,10-13H2,1-3H3. The van der Waals surface area contributed by atoms with Gasteiger partial charge in [-0.2, -0.15) is 0 Å². The molecule has 4 atom stereocenters. The molecule has 4 rings (SSSR count). The molecule has 4 unspecified atom stereocenters. The summed E-state index contributed by atoms with van der Waals surface area (Å²) in [6, 6.07) is 4.07. The molecule has 2 fully saturated rings. The van der Waals surface area contributed by atoms with Crippen molar-refractivity contribution in [2.24, 2.45) is 17.3 Å². The predicted octanol–water partition coefficient (Wildman–Crippen LogP) is 3.67. The van der Waals surface area contributed by atoms with Crippen LogP contribution in [0.1, 0.15) is 56.3 Å². The van der Waals surface area contributed by atoms with Gasteiger partial charge in [-0.3, -0.25) is 14.5 Å². The first-order valence-corrected chi connectivity index (χ1v) is 10.8. The van der Waals surface area contributed by atoms with Crippen LogP contribution in [0, 0.1) is 17.3 Å². The van der Waals surface area contributed by atoms with E-state index in [2.05, 4.69) is 13.8 Å². The maximum atomic E-state index is 12.7. The van der Waals surface area contributed by atoms with Gasteiger partial charge in [0.05, 0.1) is 12.5 Å². The number of aromatic hydroxyl groups is 2. The van der Waals surface area contributed by atoms with Gasteiger partial charge in [-0.05, 0) is 69.7 Å². The zero-order chi connectivity index (χ0) is 21.6. The molecule has 1 saturated heterocycles. The maximum absolute atomic E-state index is 12.7. The Morgan fingerprint density at radius 3 is 2.80 bits per heavy atom. The number of ether oxygens (including phenoxy) is 1. The van der Waals surface area contributed by atoms with Gasteiger partial charge in [0.25, 0.3) is 0 Å². The summed E-state index contributed by atoms with van der Waals surface area (Å²) in [6.07, 6.45) is 5.31. The van der Waals surface area contributed by atoms with E-state index in [1.807, 2.05) is 11.9 Å². The van der Waals surface area contributed by atoms with Crippen LogP contribution in [0.2, 0.25) is 0 Å². The summed E-state index contributed by atoms with van der Waals surface area (Å²) in [5.41, 5.74) is 3.49. The number of likely N-dealkylation sites (N-methyl/N-ethyl adjacent to an activating group) is 1. The van der Waals surface area contributed by atoms with E-state index >= 15 is 0 Å². The molecule has 0 aromatic heterocycles. The van der Waals surface area contributed by atoms with Crippen LogP contribution in [0.15, 0.2) is 29.3 Å². The molecular weight excluding hydrogens is 382 g/mol. The summed E-state index contributed by atoms with van der Waals surface area (Å²) in [4.78, 5) is 27.1. The van der Waals surface area contributed by atoms with Crippen LogP contribution in [-0.4, -0.2) is 53.1 Å². The fourth-order valence-electron chi connectivity index (χ4n) is 5.75. The van der Waals surface area contributed by atoms with E-state index < -0.39 is 0 Å². The van der Waals surface area contributed by atoms with Crippen molar-refractivity contribution < 1.29 is 24.5 Å². The molecule has 3 aliphatic rings. The number of phenolic OH excluding ortho intramolecular Hbond substituents is 2. The molecular formula is C24H31NO5. The van der Waals surface area contributed by atoms with Crippen LogP contribution in [0.3, 0.4) is 0 Å². The van der Waals surface area contributed by atoms with Crippen LogP contribution >= 0.6 is 0 Å². The maximum Gasteiger partial charge on any atom is 0.310 e. The monoisotopic (exact) mass is 413 g/mol. The van der Waals surface area contributed by atoms with Crippen LogP contribution in [-0.2, 0) is 9.53 Å². The minimum absolute atomic E-state index is 0.0275. The lowest BCUT2D eigenvalue weighted by atomic mass is 9.59. The highest BCUT2D eigenvalue weighted by Gasteiger charge is 2.53. The number of phenols is 2. The second-order valence-corrected chi connectivity index (χ2v) is 9.65. The number of nitrogens with zero attached hydrogens (tertiary/aromatic N) is 1. The van der Waals surface area contributed by atoms with Gasteiger partial charge in [0, 0.05) is 18.0 Å². The van der Waals surface area contributed by atoms with Crippen molar-refractivity contribution in [1.82, 2.24) is 4.90 Å². The number of carbonyl (C=O) groups excluding carboxylic acids is 2. The van der Waals surface area contributed by atoms with Crippen LogP contribution < -0.4 is 0 Å². The molecule has 1 aromatic rings. The molecule has 162 valence electrons. The van der Waals surface area contributed by atoms with Crippen LogP contribution in [0.5, 0.6) is 11.5 Å². The van der Waals surface area contributed by atoms with E-state index in [9.17, 15) is 19.8 Å². The van der Waals surface area contributed by atoms with E-state index in [0.29, 0.717) is 12.1 Å². The summed E-state index contributed by atoms with van der Waals surface area (Å²) in [7, 11) is 1.83. The molecule has 0 amide bonds. The Morgan fingerprint density at radius 2 is 2.07 bits per heavy atom. The van der Waals surface area contributed by atoms with Crippen molar-refractivity contribution >= 4 is 11.8 Å². The van der Waals surface area contributed by atoms with Gasteiger partial charge in [-0.25, -0.2) is 0 Å². The van der Waals surface area contributed by atoms with Gasteiger partial charge in [0.1, 0.15) is 6.10 Å². The third-order valence-corrected chi connectivity index (χ3v) is 7.40. The Hall–Kier alpha value is -2.34. The number of hydrogen-bond donors (Lipinski definition) is 2. The largest absolute Gasteiger partial charge is 0.504 e. The first kappa shape index (κ1) is 20.9. The number of hydrogen-bond acceptors (Lipinski definition) is 6. The Balaban J connectivity index is 1.44. The van der Waals surface area contributed by atoms with E-state index in [1.54, 1.807) is 0 Å². The summed E-state index contributed by atoms with van der Waals surface area (Å²) in [6.45, 7) is 5.15. The molecule has 1 aliphatic heterocycles. The van der Waals surface area contributed by atoms with E-state index in [0.717, 1.165) is 19.3 Å². The lowest BCUT2D eigenvalue weighted by Gasteiger charge is -2.45. The number of Topliss-reactive ketones (excluding diaryl/α,β-unsaturated/α-hetero) is 1. The molecule has 30 heavy (non-hydrogen) atoms. The molecule has 6 heteroatoms.